The van der Waals surface area contributed by atoms with E-state index in [0.717, 1.165) is 32.1 Å². The zero-order valence-corrected chi connectivity index (χ0v) is 17.7. The standard InChI is InChI=1S/C23H40O4/c1-4-5-6-11-14-22(27-19(2)24)18-21-17-16-20(21)13-10-8-7-9-12-15-23(25)26-3/h16-17,20-22H,4-15,18H2,1-3H3. The van der Waals surface area contributed by atoms with Crippen molar-refractivity contribution in [2.75, 3.05) is 7.11 Å². The van der Waals surface area contributed by atoms with E-state index in [0.29, 0.717) is 18.3 Å². The summed E-state index contributed by atoms with van der Waals surface area (Å²) in [7, 11) is 1.45. The lowest BCUT2D eigenvalue weighted by molar-refractivity contribution is -0.147. The van der Waals surface area contributed by atoms with Gasteiger partial charge in [0.15, 0.2) is 0 Å². The van der Waals surface area contributed by atoms with Gasteiger partial charge in [-0.05, 0) is 43.9 Å². The third kappa shape index (κ3) is 11.2. The van der Waals surface area contributed by atoms with Crippen LogP contribution < -0.4 is 0 Å². The van der Waals surface area contributed by atoms with E-state index in [2.05, 4.69) is 23.8 Å². The Hall–Kier alpha value is -1.32. The molecule has 0 spiro atoms. The van der Waals surface area contributed by atoms with Gasteiger partial charge in [0.25, 0.3) is 0 Å². The molecule has 1 aliphatic rings. The zero-order chi connectivity index (χ0) is 19.9. The highest BCUT2D eigenvalue weighted by molar-refractivity contribution is 5.69. The Morgan fingerprint density at radius 3 is 2.22 bits per heavy atom. The predicted molar refractivity (Wildman–Crippen MR) is 109 cm³/mol. The largest absolute Gasteiger partial charge is 0.469 e. The van der Waals surface area contributed by atoms with Gasteiger partial charge in [-0.2, -0.15) is 0 Å². The summed E-state index contributed by atoms with van der Waals surface area (Å²) in [5.41, 5.74) is 0. The maximum absolute atomic E-state index is 11.4. The van der Waals surface area contributed by atoms with Gasteiger partial charge in [0, 0.05) is 13.3 Å². The molecule has 4 heteroatoms. The van der Waals surface area contributed by atoms with Gasteiger partial charge in [-0.1, -0.05) is 64.0 Å². The number of methoxy groups -OCH3 is 1. The van der Waals surface area contributed by atoms with Crippen LogP contribution in [0.1, 0.15) is 97.3 Å². The Labute approximate surface area is 166 Å². The molecule has 0 bridgehead atoms. The lowest BCUT2D eigenvalue weighted by atomic mass is 9.75. The average Bonchev–Trinajstić information content (AvgIpc) is 2.63. The van der Waals surface area contributed by atoms with Crippen LogP contribution in [0.15, 0.2) is 12.2 Å². The van der Waals surface area contributed by atoms with Crippen molar-refractivity contribution in [1.29, 1.82) is 0 Å². The highest BCUT2D eigenvalue weighted by atomic mass is 16.5. The van der Waals surface area contributed by atoms with Crippen molar-refractivity contribution in [2.45, 2.75) is 103 Å². The van der Waals surface area contributed by atoms with E-state index in [-0.39, 0.29) is 18.0 Å². The van der Waals surface area contributed by atoms with Gasteiger partial charge in [0.1, 0.15) is 6.10 Å². The van der Waals surface area contributed by atoms with E-state index in [4.69, 9.17) is 4.74 Å². The molecule has 4 nitrogen and oxygen atoms in total. The van der Waals surface area contributed by atoms with Gasteiger partial charge in [-0.3, -0.25) is 9.59 Å². The average molecular weight is 381 g/mol. The van der Waals surface area contributed by atoms with Crippen molar-refractivity contribution in [3.63, 3.8) is 0 Å². The molecule has 0 aromatic heterocycles. The van der Waals surface area contributed by atoms with Crippen LogP contribution in [-0.4, -0.2) is 25.2 Å². The van der Waals surface area contributed by atoms with Crippen molar-refractivity contribution in [2.24, 2.45) is 11.8 Å². The molecule has 0 saturated heterocycles. The second kappa shape index (κ2) is 14.7. The van der Waals surface area contributed by atoms with Crippen LogP contribution in [0.25, 0.3) is 0 Å². The second-order valence-corrected chi connectivity index (χ2v) is 7.91. The number of rotatable bonds is 16. The van der Waals surface area contributed by atoms with Crippen molar-refractivity contribution >= 4 is 11.9 Å². The smallest absolute Gasteiger partial charge is 0.305 e. The molecule has 0 aromatic carbocycles. The third-order valence-electron chi connectivity index (χ3n) is 5.55. The fourth-order valence-electron chi connectivity index (χ4n) is 3.83. The molecule has 156 valence electrons. The van der Waals surface area contributed by atoms with E-state index in [9.17, 15) is 9.59 Å². The molecule has 0 aromatic rings. The van der Waals surface area contributed by atoms with E-state index in [1.54, 1.807) is 0 Å². The maximum Gasteiger partial charge on any atom is 0.305 e. The molecule has 3 unspecified atom stereocenters. The molecule has 0 fully saturated rings. The first kappa shape index (κ1) is 23.7. The number of allylic oxidation sites excluding steroid dienone is 2. The number of carbonyl (C=O) groups is 2. The van der Waals surface area contributed by atoms with Crippen molar-refractivity contribution in [3.8, 4) is 0 Å². The Bertz CT molecular complexity index is 444. The summed E-state index contributed by atoms with van der Waals surface area (Å²) in [4.78, 5) is 22.5. The normalized spacial score (nSPS) is 19.4. The number of esters is 2. The van der Waals surface area contributed by atoms with E-state index in [1.165, 1.54) is 59.0 Å². The summed E-state index contributed by atoms with van der Waals surface area (Å²) >= 11 is 0. The molecule has 1 rings (SSSR count). The van der Waals surface area contributed by atoms with Gasteiger partial charge in [0.2, 0.25) is 0 Å². The molecule has 0 aliphatic heterocycles. The monoisotopic (exact) mass is 380 g/mol. The van der Waals surface area contributed by atoms with E-state index >= 15 is 0 Å². The van der Waals surface area contributed by atoms with Crippen LogP contribution in [0.5, 0.6) is 0 Å². The van der Waals surface area contributed by atoms with E-state index in [1.807, 2.05) is 0 Å². The first-order valence-electron chi connectivity index (χ1n) is 11.0. The molecule has 27 heavy (non-hydrogen) atoms. The maximum atomic E-state index is 11.4. The first-order valence-corrected chi connectivity index (χ1v) is 11.0. The fraction of sp³-hybridized carbons (Fsp3) is 0.826. The van der Waals surface area contributed by atoms with E-state index < -0.39 is 0 Å². The van der Waals surface area contributed by atoms with Crippen molar-refractivity contribution in [1.82, 2.24) is 0 Å². The summed E-state index contributed by atoms with van der Waals surface area (Å²) in [6.45, 7) is 3.74. The summed E-state index contributed by atoms with van der Waals surface area (Å²) in [6, 6.07) is 0. The summed E-state index contributed by atoms with van der Waals surface area (Å²) in [6.07, 6.45) is 19.0. The fourth-order valence-corrected chi connectivity index (χ4v) is 3.83. The van der Waals surface area contributed by atoms with Gasteiger partial charge in [-0.15, -0.1) is 0 Å². The molecule has 0 amide bonds. The highest BCUT2D eigenvalue weighted by Crippen LogP contribution is 2.35. The van der Waals surface area contributed by atoms with Crippen LogP contribution in [0.2, 0.25) is 0 Å². The number of hydrogen-bond acceptors (Lipinski definition) is 4. The van der Waals surface area contributed by atoms with Gasteiger partial charge in [-0.25, -0.2) is 0 Å². The topological polar surface area (TPSA) is 52.6 Å². The number of ether oxygens (including phenoxy) is 2. The van der Waals surface area contributed by atoms with Crippen LogP contribution in [0.4, 0.5) is 0 Å². The minimum atomic E-state index is -0.151. The number of unbranched alkanes of at least 4 members (excludes halogenated alkanes) is 7. The van der Waals surface area contributed by atoms with Crippen LogP contribution in [0.3, 0.4) is 0 Å². The summed E-state index contributed by atoms with van der Waals surface area (Å²) < 4.78 is 10.2. The predicted octanol–water partition coefficient (Wildman–Crippen LogP) is 5.98. The van der Waals surface area contributed by atoms with Gasteiger partial charge in [0.05, 0.1) is 7.11 Å². The second-order valence-electron chi connectivity index (χ2n) is 7.91. The molecular weight excluding hydrogens is 340 g/mol. The SMILES string of the molecule is CCCCCCC(CC1C=CC1CCCCCCCC(=O)OC)OC(C)=O. The molecule has 0 N–H and O–H groups in total. The van der Waals surface area contributed by atoms with Crippen molar-refractivity contribution < 1.29 is 19.1 Å². The molecule has 1 aliphatic carbocycles. The van der Waals surface area contributed by atoms with Crippen LogP contribution in [-0.2, 0) is 19.1 Å². The van der Waals surface area contributed by atoms with Crippen LogP contribution >= 0.6 is 0 Å². The number of hydrogen-bond donors (Lipinski definition) is 0. The Morgan fingerprint density at radius 1 is 0.926 bits per heavy atom. The highest BCUT2D eigenvalue weighted by Gasteiger charge is 2.27. The lowest BCUT2D eigenvalue weighted by Gasteiger charge is -2.32. The lowest BCUT2D eigenvalue weighted by Crippen LogP contribution is -2.27. The summed E-state index contributed by atoms with van der Waals surface area (Å²) in [5, 5.41) is 0. The zero-order valence-electron chi connectivity index (χ0n) is 17.7. The minimum Gasteiger partial charge on any atom is -0.469 e. The molecule has 0 heterocycles. The Morgan fingerprint density at radius 2 is 1.59 bits per heavy atom. The Kier molecular flexibility index (Phi) is 12.9. The minimum absolute atomic E-state index is 0.0788. The van der Waals surface area contributed by atoms with Crippen molar-refractivity contribution in [3.05, 3.63) is 12.2 Å². The molecule has 0 saturated carbocycles. The first-order chi connectivity index (χ1) is 13.1. The Balaban J connectivity index is 2.16. The summed E-state index contributed by atoms with van der Waals surface area (Å²) in [5.74, 6) is 0.963. The molecule has 3 atom stereocenters. The number of carbonyl (C=O) groups excluding carboxylic acids is 2. The third-order valence-corrected chi connectivity index (χ3v) is 5.55. The molecular formula is C23H40O4. The van der Waals surface area contributed by atoms with Crippen LogP contribution in [0, 0.1) is 11.8 Å². The quantitative estimate of drug-likeness (QED) is 0.188. The van der Waals surface area contributed by atoms with Gasteiger partial charge >= 0.3 is 11.9 Å². The molecule has 0 radical (unpaired) electrons. The van der Waals surface area contributed by atoms with Gasteiger partial charge < -0.3 is 9.47 Å².